The Balaban J connectivity index is 1.58. The van der Waals surface area contributed by atoms with Gasteiger partial charge in [0.1, 0.15) is 30.6 Å². The van der Waals surface area contributed by atoms with E-state index in [4.69, 9.17) is 0 Å². The van der Waals surface area contributed by atoms with Gasteiger partial charge in [-0.05, 0) is 12.8 Å². The van der Waals surface area contributed by atoms with E-state index in [9.17, 15) is 22.4 Å². The number of aromatic nitrogens is 4. The Bertz CT molecular complexity index is 923. The highest BCUT2D eigenvalue weighted by Crippen LogP contribution is 2.34. The van der Waals surface area contributed by atoms with Crippen LogP contribution in [0.1, 0.15) is 30.1 Å². The van der Waals surface area contributed by atoms with E-state index in [2.05, 4.69) is 25.3 Å². The first-order valence-corrected chi connectivity index (χ1v) is 9.01. The summed E-state index contributed by atoms with van der Waals surface area (Å²) in [5.41, 5.74) is 0.769. The molecule has 4 rings (SSSR count). The van der Waals surface area contributed by atoms with Gasteiger partial charge in [0.25, 0.3) is 0 Å². The van der Waals surface area contributed by atoms with Crippen LogP contribution in [0.25, 0.3) is 0 Å². The molecule has 154 valence electrons. The molecule has 1 fully saturated rings. The number of nitrogens with zero attached hydrogens (tertiary/aromatic N) is 5. The second-order valence-corrected chi connectivity index (χ2v) is 6.84. The number of carbonyl (C=O) groups is 1. The van der Waals surface area contributed by atoms with Crippen molar-refractivity contribution in [2.24, 2.45) is 0 Å². The molecule has 0 saturated carbocycles. The molecule has 2 aromatic heterocycles. The molecule has 0 aromatic carbocycles. The molecular weight excluding hydrogens is 394 g/mol. The highest BCUT2D eigenvalue weighted by molar-refractivity contribution is 5.85. The van der Waals surface area contributed by atoms with Gasteiger partial charge in [-0.25, -0.2) is 24.3 Å². The third-order valence-electron chi connectivity index (χ3n) is 4.94. The fraction of sp³-hybridized carbons (Fsp3) is 0.471. The predicted molar refractivity (Wildman–Crippen MR) is 93.8 cm³/mol. The van der Waals surface area contributed by atoms with Crippen LogP contribution < -0.4 is 15.5 Å². The summed E-state index contributed by atoms with van der Waals surface area (Å²) in [7, 11) is 0. The summed E-state index contributed by atoms with van der Waals surface area (Å²) in [5.74, 6) is -0.968. The maximum Gasteiger partial charge on any atom is 0.405 e. The Morgan fingerprint density at radius 1 is 1.31 bits per heavy atom. The first-order chi connectivity index (χ1) is 13.8. The van der Waals surface area contributed by atoms with E-state index in [1.807, 2.05) is 5.32 Å². The van der Waals surface area contributed by atoms with E-state index in [1.54, 1.807) is 6.20 Å². The number of hydrogen-bond donors (Lipinski definition) is 2. The zero-order chi connectivity index (χ0) is 20.6. The molecule has 2 aliphatic rings. The first-order valence-electron chi connectivity index (χ1n) is 9.01. The average molecular weight is 411 g/mol. The van der Waals surface area contributed by atoms with Crippen LogP contribution in [0.3, 0.4) is 0 Å². The number of amides is 1. The predicted octanol–water partition coefficient (Wildman–Crippen LogP) is 1.61. The average Bonchev–Trinajstić information content (AvgIpc) is 3.33. The van der Waals surface area contributed by atoms with E-state index in [0.29, 0.717) is 37.6 Å². The lowest BCUT2D eigenvalue weighted by molar-refractivity contribution is -0.139. The summed E-state index contributed by atoms with van der Waals surface area (Å²) in [6, 6.07) is -0.924. The van der Waals surface area contributed by atoms with Crippen molar-refractivity contribution in [1.82, 2.24) is 25.3 Å². The summed E-state index contributed by atoms with van der Waals surface area (Å²) >= 11 is 0. The van der Waals surface area contributed by atoms with Crippen LogP contribution in [0.4, 0.5) is 29.2 Å². The number of rotatable bonds is 4. The third kappa shape index (κ3) is 3.91. The van der Waals surface area contributed by atoms with E-state index < -0.39 is 30.5 Å². The van der Waals surface area contributed by atoms with Gasteiger partial charge in [-0.15, -0.1) is 0 Å². The fourth-order valence-corrected chi connectivity index (χ4v) is 3.62. The van der Waals surface area contributed by atoms with Crippen molar-refractivity contribution in [3.8, 4) is 0 Å². The SMILES string of the molecule is O=C(NCC(F)(F)F)[C@@H]1CCCN1c1nc(C2CNc3ncncc32)ncc1F. The molecule has 12 heteroatoms. The number of alkyl halides is 3. The number of fused-ring (bicyclic) bond motifs is 1. The van der Waals surface area contributed by atoms with Crippen LogP contribution in [-0.4, -0.2) is 57.7 Å². The van der Waals surface area contributed by atoms with Gasteiger partial charge in [-0.1, -0.05) is 0 Å². The van der Waals surface area contributed by atoms with Gasteiger partial charge in [0, 0.05) is 24.8 Å². The minimum Gasteiger partial charge on any atom is -0.369 e. The van der Waals surface area contributed by atoms with Gasteiger partial charge in [0.15, 0.2) is 11.6 Å². The minimum atomic E-state index is -4.52. The quantitative estimate of drug-likeness (QED) is 0.738. The first kappa shape index (κ1) is 19.3. The van der Waals surface area contributed by atoms with Gasteiger partial charge in [-0.3, -0.25) is 4.79 Å². The summed E-state index contributed by atoms with van der Waals surface area (Å²) in [6.07, 6.45) is 0.372. The van der Waals surface area contributed by atoms with Crippen LogP contribution >= 0.6 is 0 Å². The monoisotopic (exact) mass is 411 g/mol. The summed E-state index contributed by atoms with van der Waals surface area (Å²) < 4.78 is 51.7. The summed E-state index contributed by atoms with van der Waals surface area (Å²) in [5, 5.41) is 4.97. The molecule has 2 N–H and O–H groups in total. The maximum atomic E-state index is 14.5. The van der Waals surface area contributed by atoms with Crippen molar-refractivity contribution in [2.45, 2.75) is 31.0 Å². The topological polar surface area (TPSA) is 95.9 Å². The van der Waals surface area contributed by atoms with Crippen LogP contribution in [0, 0.1) is 5.82 Å². The smallest absolute Gasteiger partial charge is 0.369 e. The second-order valence-electron chi connectivity index (χ2n) is 6.84. The van der Waals surface area contributed by atoms with Crippen molar-refractivity contribution >= 4 is 17.5 Å². The lowest BCUT2D eigenvalue weighted by Crippen LogP contribution is -2.46. The Labute approximate surface area is 162 Å². The van der Waals surface area contributed by atoms with Gasteiger partial charge < -0.3 is 15.5 Å². The molecule has 2 aromatic rings. The van der Waals surface area contributed by atoms with Gasteiger partial charge in [-0.2, -0.15) is 13.2 Å². The third-order valence-corrected chi connectivity index (χ3v) is 4.94. The number of hydrogen-bond acceptors (Lipinski definition) is 7. The van der Waals surface area contributed by atoms with Crippen molar-refractivity contribution in [1.29, 1.82) is 0 Å². The van der Waals surface area contributed by atoms with Crippen molar-refractivity contribution in [3.05, 3.63) is 35.9 Å². The Morgan fingerprint density at radius 3 is 2.93 bits per heavy atom. The van der Waals surface area contributed by atoms with Crippen LogP contribution in [0.5, 0.6) is 0 Å². The van der Waals surface area contributed by atoms with Crippen molar-refractivity contribution in [3.63, 3.8) is 0 Å². The molecule has 1 saturated heterocycles. The van der Waals surface area contributed by atoms with Crippen LogP contribution in [0.15, 0.2) is 18.7 Å². The Hall–Kier alpha value is -3.05. The highest BCUT2D eigenvalue weighted by atomic mass is 19.4. The zero-order valence-corrected chi connectivity index (χ0v) is 15.1. The van der Waals surface area contributed by atoms with Crippen molar-refractivity contribution < 1.29 is 22.4 Å². The number of nitrogens with one attached hydrogen (secondary N) is 2. The second kappa shape index (κ2) is 7.41. The van der Waals surface area contributed by atoms with Gasteiger partial charge in [0.2, 0.25) is 5.91 Å². The standard InChI is InChI=1S/C17H17F4N7O/c18-11-6-24-14(10-5-23-13-9(10)4-22-8-26-13)27-15(11)28-3-1-2-12(28)16(29)25-7-17(19,20)21/h4,6,8,10,12H,1-3,5,7H2,(H,25,29)(H,22,23,26)/t10?,12-/m0/s1. The zero-order valence-electron chi connectivity index (χ0n) is 15.1. The lowest BCUT2D eigenvalue weighted by Gasteiger charge is -2.26. The van der Waals surface area contributed by atoms with Crippen LogP contribution in [0.2, 0.25) is 0 Å². The molecule has 1 amide bonds. The number of anilines is 2. The fourth-order valence-electron chi connectivity index (χ4n) is 3.62. The minimum absolute atomic E-state index is 0.0926. The Kier molecular flexibility index (Phi) is 4.92. The molecule has 2 aliphatic heterocycles. The molecule has 0 spiro atoms. The number of carbonyl (C=O) groups excluding carboxylic acids is 1. The van der Waals surface area contributed by atoms with Gasteiger partial charge in [0.05, 0.1) is 12.1 Å². The molecule has 8 nitrogen and oxygen atoms in total. The summed E-state index contributed by atoms with van der Waals surface area (Å²) in [4.78, 5) is 30.1. The molecule has 0 aliphatic carbocycles. The van der Waals surface area contributed by atoms with Crippen molar-refractivity contribution in [2.75, 3.05) is 29.9 Å². The summed E-state index contributed by atoms with van der Waals surface area (Å²) in [6.45, 7) is -0.674. The van der Waals surface area contributed by atoms with E-state index in [-0.39, 0.29) is 11.7 Å². The Morgan fingerprint density at radius 2 is 2.14 bits per heavy atom. The molecule has 4 heterocycles. The molecule has 0 bridgehead atoms. The van der Waals surface area contributed by atoms with Crippen LogP contribution in [-0.2, 0) is 4.79 Å². The van der Waals surface area contributed by atoms with E-state index in [0.717, 1.165) is 11.8 Å². The molecule has 29 heavy (non-hydrogen) atoms. The molecule has 1 unspecified atom stereocenters. The number of halogens is 4. The highest BCUT2D eigenvalue weighted by Gasteiger charge is 2.37. The lowest BCUT2D eigenvalue weighted by atomic mass is 10.0. The van der Waals surface area contributed by atoms with Gasteiger partial charge >= 0.3 is 6.18 Å². The normalized spacial score (nSPS) is 21.0. The largest absolute Gasteiger partial charge is 0.405 e. The van der Waals surface area contributed by atoms with E-state index in [1.165, 1.54) is 11.2 Å². The molecule has 0 radical (unpaired) electrons. The van der Waals surface area contributed by atoms with E-state index >= 15 is 0 Å². The maximum absolute atomic E-state index is 14.5. The molecule has 2 atom stereocenters. The molecular formula is C17H17F4N7O.